The van der Waals surface area contributed by atoms with Crippen LogP contribution in [0.2, 0.25) is 0 Å². The summed E-state index contributed by atoms with van der Waals surface area (Å²) in [6.07, 6.45) is -5.67. The Morgan fingerprint density at radius 1 is 1.36 bits per heavy atom. The van der Waals surface area contributed by atoms with E-state index in [2.05, 4.69) is 4.52 Å². The fourth-order valence-corrected chi connectivity index (χ4v) is 0.910. The maximum absolute atomic E-state index is 9.92. The lowest BCUT2D eigenvalue weighted by molar-refractivity contribution is -0.343. The van der Waals surface area contributed by atoms with Gasteiger partial charge in [-0.15, -0.1) is 0 Å². The zero-order valence-electron chi connectivity index (χ0n) is 6.85. The molecule has 0 amide bonds. The summed E-state index contributed by atoms with van der Waals surface area (Å²) in [7, 11) is -5.24. The zero-order chi connectivity index (χ0) is 11.4. The molecule has 0 aliphatic rings. The molecule has 0 radical (unpaired) electrons. The summed E-state index contributed by atoms with van der Waals surface area (Å²) >= 11 is 0. The first-order chi connectivity index (χ1) is 6.28. The van der Waals surface area contributed by atoms with Crippen LogP contribution in [0.3, 0.4) is 0 Å². The highest BCUT2D eigenvalue weighted by Crippen LogP contribution is 2.24. The molecule has 0 bridgehead atoms. The van der Waals surface area contributed by atoms with Crippen LogP contribution >= 0.6 is 7.82 Å². The van der Waals surface area contributed by atoms with Crippen LogP contribution in [-0.2, 0) is 13.9 Å². The smallest absolute Gasteiger partial charge is 0.151 e. The van der Waals surface area contributed by atoms with Gasteiger partial charge in [-0.2, -0.15) is 0 Å². The minimum atomic E-state index is -5.24. The third kappa shape index (κ3) is 5.40. The summed E-state index contributed by atoms with van der Waals surface area (Å²) < 4.78 is 13.5. The Balaban J connectivity index is 4.02. The summed E-state index contributed by atoms with van der Waals surface area (Å²) in [4.78, 5) is 29.8. The SMILES string of the molecule is O=C[C@@H](O)[C@H](O)[C@@H](O)COP(=O)([O-])[O-]. The number of carbonyl (C=O) groups is 1. The van der Waals surface area contributed by atoms with Crippen LogP contribution in [0.25, 0.3) is 0 Å². The van der Waals surface area contributed by atoms with Crippen LogP contribution in [0, 0.1) is 0 Å². The lowest BCUT2D eigenvalue weighted by Crippen LogP contribution is -2.41. The van der Waals surface area contributed by atoms with Crippen LogP contribution in [0.15, 0.2) is 0 Å². The number of aliphatic hydroxyl groups excluding tert-OH is 3. The molecule has 9 heteroatoms. The number of carbonyl (C=O) groups excluding carboxylic acids is 1. The Hall–Kier alpha value is -0.340. The van der Waals surface area contributed by atoms with E-state index in [0.717, 1.165) is 0 Å². The summed E-state index contributed by atoms with van der Waals surface area (Å²) in [5.41, 5.74) is 0. The molecule has 3 N–H and O–H groups in total. The summed E-state index contributed by atoms with van der Waals surface area (Å²) in [5, 5.41) is 26.4. The Labute approximate surface area is 79.0 Å². The topological polar surface area (TPSA) is 150 Å². The van der Waals surface area contributed by atoms with E-state index in [1.807, 2.05) is 0 Å². The molecular weight excluding hydrogens is 219 g/mol. The quantitative estimate of drug-likeness (QED) is 0.308. The second-order valence-electron chi connectivity index (χ2n) is 2.43. The molecule has 0 fully saturated rings. The molecule has 0 heterocycles. The van der Waals surface area contributed by atoms with Gasteiger partial charge in [0.1, 0.15) is 18.3 Å². The molecule has 0 spiro atoms. The van der Waals surface area contributed by atoms with Crippen LogP contribution in [0.4, 0.5) is 0 Å². The Morgan fingerprint density at radius 3 is 2.21 bits per heavy atom. The monoisotopic (exact) mass is 228 g/mol. The van der Waals surface area contributed by atoms with Gasteiger partial charge in [-0.25, -0.2) is 0 Å². The fraction of sp³-hybridized carbons (Fsp3) is 0.800. The number of phosphoric acid groups is 1. The second kappa shape index (κ2) is 5.52. The van der Waals surface area contributed by atoms with Crippen molar-refractivity contribution >= 4 is 14.1 Å². The van der Waals surface area contributed by atoms with Gasteiger partial charge in [0.15, 0.2) is 6.29 Å². The van der Waals surface area contributed by atoms with E-state index >= 15 is 0 Å². The van der Waals surface area contributed by atoms with Crippen molar-refractivity contribution in [3.63, 3.8) is 0 Å². The number of hydrogen-bond acceptors (Lipinski definition) is 8. The van der Waals surface area contributed by atoms with Crippen molar-refractivity contribution in [2.45, 2.75) is 18.3 Å². The standard InChI is InChI=1S/C5H11O8P/c6-1-3(7)5(9)4(8)2-13-14(10,11)12/h1,3-5,7-9H,2H2,(H2,10,11,12)/p-2/t3-,4+,5+/m1/s1. The van der Waals surface area contributed by atoms with Gasteiger partial charge >= 0.3 is 0 Å². The number of rotatable bonds is 6. The molecule has 0 rings (SSSR count). The van der Waals surface area contributed by atoms with E-state index in [1.165, 1.54) is 0 Å². The summed E-state index contributed by atoms with van der Waals surface area (Å²) in [6.45, 7) is -1.02. The largest absolute Gasteiger partial charge is 0.790 e. The molecule has 0 unspecified atom stereocenters. The molecular formula is C5H9O8P-2. The molecule has 0 aromatic rings. The molecule has 84 valence electrons. The number of phosphoric ester groups is 1. The van der Waals surface area contributed by atoms with Crippen molar-refractivity contribution in [1.82, 2.24) is 0 Å². The lowest BCUT2D eigenvalue weighted by atomic mass is 10.1. The molecule has 3 atom stereocenters. The van der Waals surface area contributed by atoms with Crippen LogP contribution in [-0.4, -0.2) is 46.5 Å². The van der Waals surface area contributed by atoms with Crippen LogP contribution in [0.1, 0.15) is 0 Å². The van der Waals surface area contributed by atoms with Crippen molar-refractivity contribution in [1.29, 1.82) is 0 Å². The summed E-state index contributed by atoms with van der Waals surface area (Å²) in [6, 6.07) is 0. The third-order valence-electron chi connectivity index (χ3n) is 1.29. The van der Waals surface area contributed by atoms with Crippen LogP contribution < -0.4 is 9.79 Å². The van der Waals surface area contributed by atoms with E-state index in [4.69, 9.17) is 15.3 Å². The van der Waals surface area contributed by atoms with Crippen molar-refractivity contribution in [3.05, 3.63) is 0 Å². The van der Waals surface area contributed by atoms with Crippen molar-refractivity contribution < 1.29 is 39.0 Å². The summed E-state index contributed by atoms with van der Waals surface area (Å²) in [5.74, 6) is 0. The Bertz CT molecular complexity index is 224. The van der Waals surface area contributed by atoms with Gasteiger partial charge < -0.3 is 39.0 Å². The average Bonchev–Trinajstić information content (AvgIpc) is 2.10. The maximum atomic E-state index is 9.92. The molecule has 8 nitrogen and oxygen atoms in total. The van der Waals surface area contributed by atoms with Gasteiger partial charge in [-0.1, -0.05) is 0 Å². The maximum Gasteiger partial charge on any atom is 0.151 e. The highest BCUT2D eigenvalue weighted by Gasteiger charge is 2.24. The van der Waals surface area contributed by atoms with Gasteiger partial charge in [0, 0.05) is 0 Å². The van der Waals surface area contributed by atoms with Gasteiger partial charge in [0.05, 0.1) is 14.4 Å². The first-order valence-corrected chi connectivity index (χ1v) is 4.90. The molecule has 0 aromatic heterocycles. The number of hydrogen-bond donors (Lipinski definition) is 3. The van der Waals surface area contributed by atoms with E-state index in [1.54, 1.807) is 0 Å². The predicted molar refractivity (Wildman–Crippen MR) is 37.6 cm³/mol. The van der Waals surface area contributed by atoms with Crippen molar-refractivity contribution in [3.8, 4) is 0 Å². The Morgan fingerprint density at radius 2 is 1.86 bits per heavy atom. The van der Waals surface area contributed by atoms with Gasteiger partial charge in [0.25, 0.3) is 0 Å². The number of aliphatic hydroxyl groups is 3. The highest BCUT2D eigenvalue weighted by molar-refractivity contribution is 7.43. The van der Waals surface area contributed by atoms with Crippen molar-refractivity contribution in [2.24, 2.45) is 0 Å². The first kappa shape index (κ1) is 13.7. The average molecular weight is 228 g/mol. The molecule has 0 saturated carbocycles. The first-order valence-electron chi connectivity index (χ1n) is 3.44. The fourth-order valence-electron chi connectivity index (χ4n) is 0.574. The molecule has 0 aliphatic carbocycles. The van der Waals surface area contributed by atoms with Crippen LogP contribution in [0.5, 0.6) is 0 Å². The lowest BCUT2D eigenvalue weighted by Gasteiger charge is -2.30. The van der Waals surface area contributed by atoms with Crippen molar-refractivity contribution in [2.75, 3.05) is 6.61 Å². The minimum absolute atomic E-state index is 0.0537. The second-order valence-corrected chi connectivity index (χ2v) is 3.58. The molecule has 0 aliphatic heterocycles. The molecule has 14 heavy (non-hydrogen) atoms. The highest BCUT2D eigenvalue weighted by atomic mass is 31.2. The van der Waals surface area contributed by atoms with Gasteiger partial charge in [-0.3, -0.25) is 0 Å². The third-order valence-corrected chi connectivity index (χ3v) is 1.75. The predicted octanol–water partition coefficient (Wildman–Crippen LogP) is -3.89. The molecule has 0 aromatic carbocycles. The van der Waals surface area contributed by atoms with E-state index < -0.39 is 32.7 Å². The normalized spacial score (nSPS) is 18.6. The van der Waals surface area contributed by atoms with E-state index in [-0.39, 0.29) is 6.29 Å². The molecule has 0 saturated heterocycles. The number of aldehydes is 1. The Kier molecular flexibility index (Phi) is 5.38. The van der Waals surface area contributed by atoms with E-state index in [9.17, 15) is 19.1 Å². The van der Waals surface area contributed by atoms with Gasteiger partial charge in [-0.05, 0) is 0 Å². The van der Waals surface area contributed by atoms with Gasteiger partial charge in [0.2, 0.25) is 0 Å². The van der Waals surface area contributed by atoms with E-state index in [0.29, 0.717) is 0 Å². The minimum Gasteiger partial charge on any atom is -0.790 e. The zero-order valence-corrected chi connectivity index (χ0v) is 7.74.